The zero-order valence-corrected chi connectivity index (χ0v) is 16.8. The Morgan fingerprint density at radius 3 is 2.59 bits per heavy atom. The lowest BCUT2D eigenvalue weighted by Gasteiger charge is -2.26. The van der Waals surface area contributed by atoms with E-state index >= 15 is 0 Å². The number of hydrogen-bond donors (Lipinski definition) is 1. The van der Waals surface area contributed by atoms with Crippen LogP contribution < -0.4 is 5.32 Å². The Morgan fingerprint density at radius 1 is 1.21 bits per heavy atom. The van der Waals surface area contributed by atoms with Gasteiger partial charge in [-0.25, -0.2) is 13.2 Å². The third-order valence-electron chi connectivity index (χ3n) is 4.22. The maximum absolute atomic E-state index is 12.9. The van der Waals surface area contributed by atoms with Gasteiger partial charge in [0.15, 0.2) is 6.61 Å². The Hall–Kier alpha value is -2.76. The number of esters is 1. The normalized spacial score (nSPS) is 15.1. The van der Waals surface area contributed by atoms with E-state index in [0.29, 0.717) is 24.5 Å². The number of aromatic nitrogens is 1. The molecule has 1 fully saturated rings. The molecule has 1 saturated heterocycles. The van der Waals surface area contributed by atoms with E-state index in [1.165, 1.54) is 16.4 Å². The lowest BCUT2D eigenvalue weighted by Crippen LogP contribution is -2.40. The first-order chi connectivity index (χ1) is 13.8. The maximum Gasteiger partial charge on any atom is 0.377 e. The summed E-state index contributed by atoms with van der Waals surface area (Å²) in [5.41, 5.74) is 1.34. The number of anilines is 1. The highest BCUT2D eigenvalue weighted by Crippen LogP contribution is 2.24. The van der Waals surface area contributed by atoms with Gasteiger partial charge < -0.3 is 19.3 Å². The fraction of sp³-hybridized carbons (Fsp3) is 0.389. The molecular weight excluding hydrogens is 402 g/mol. The summed E-state index contributed by atoms with van der Waals surface area (Å²) in [6, 6.07) is 5.96. The molecule has 3 rings (SSSR count). The molecule has 0 radical (unpaired) electrons. The van der Waals surface area contributed by atoms with E-state index in [0.717, 1.165) is 0 Å². The predicted octanol–water partition coefficient (Wildman–Crippen LogP) is 1.11. The van der Waals surface area contributed by atoms with Crippen molar-refractivity contribution in [2.75, 3.05) is 38.2 Å². The molecule has 0 saturated carbocycles. The molecule has 11 heteroatoms. The van der Waals surface area contributed by atoms with Crippen LogP contribution >= 0.6 is 0 Å². The Labute approximate surface area is 167 Å². The van der Waals surface area contributed by atoms with Gasteiger partial charge in [0.2, 0.25) is 15.8 Å². The van der Waals surface area contributed by atoms with Gasteiger partial charge in [-0.1, -0.05) is 11.2 Å². The molecule has 1 aliphatic heterocycles. The number of benzene rings is 1. The number of carbonyl (C=O) groups is 2. The van der Waals surface area contributed by atoms with Crippen LogP contribution in [0, 0.1) is 13.8 Å². The SMILES string of the molecule is Cc1cc(C(=O)OCC(=O)Nc2ccc(C)c(S(=O)(=O)N3CCOCC3)c2)on1. The number of nitrogens with one attached hydrogen (secondary N) is 1. The van der Waals surface area contributed by atoms with Crippen molar-refractivity contribution in [3.05, 3.63) is 41.3 Å². The van der Waals surface area contributed by atoms with Gasteiger partial charge in [0.05, 0.1) is 23.8 Å². The Morgan fingerprint density at radius 2 is 1.93 bits per heavy atom. The quantitative estimate of drug-likeness (QED) is 0.684. The van der Waals surface area contributed by atoms with Crippen LogP contribution in [0.4, 0.5) is 5.69 Å². The van der Waals surface area contributed by atoms with Crippen LogP contribution in [-0.4, -0.2) is 62.7 Å². The number of morpholine rings is 1. The molecule has 1 aromatic carbocycles. The molecule has 2 aromatic rings. The summed E-state index contributed by atoms with van der Waals surface area (Å²) in [5.74, 6) is -1.54. The number of hydrogen-bond acceptors (Lipinski definition) is 8. The van der Waals surface area contributed by atoms with Crippen molar-refractivity contribution in [2.24, 2.45) is 0 Å². The van der Waals surface area contributed by atoms with Crippen molar-refractivity contribution in [3.63, 3.8) is 0 Å². The lowest BCUT2D eigenvalue weighted by atomic mass is 10.2. The number of sulfonamides is 1. The third-order valence-corrected chi connectivity index (χ3v) is 6.26. The second-order valence-electron chi connectivity index (χ2n) is 6.45. The molecule has 1 N–H and O–H groups in total. The molecular formula is C18H21N3O7S. The lowest BCUT2D eigenvalue weighted by molar-refractivity contribution is -0.119. The number of aryl methyl sites for hydroxylation is 2. The Bertz CT molecular complexity index is 1010. The van der Waals surface area contributed by atoms with Gasteiger partial charge in [0.1, 0.15) is 0 Å². The molecule has 156 valence electrons. The van der Waals surface area contributed by atoms with Gasteiger partial charge in [-0.2, -0.15) is 4.31 Å². The van der Waals surface area contributed by atoms with Gasteiger partial charge in [-0.05, 0) is 31.5 Å². The molecule has 1 amide bonds. The zero-order chi connectivity index (χ0) is 21.0. The second-order valence-corrected chi connectivity index (χ2v) is 8.36. The smallest absolute Gasteiger partial charge is 0.377 e. The van der Waals surface area contributed by atoms with Crippen molar-refractivity contribution in [3.8, 4) is 0 Å². The molecule has 1 aromatic heterocycles. The maximum atomic E-state index is 12.9. The van der Waals surface area contributed by atoms with Crippen molar-refractivity contribution in [1.29, 1.82) is 0 Å². The summed E-state index contributed by atoms with van der Waals surface area (Å²) in [4.78, 5) is 24.0. The molecule has 0 spiro atoms. The zero-order valence-electron chi connectivity index (χ0n) is 16.0. The minimum Gasteiger partial charge on any atom is -0.450 e. The summed E-state index contributed by atoms with van der Waals surface area (Å²) in [5, 5.41) is 6.09. The van der Waals surface area contributed by atoms with Gasteiger partial charge in [-0.15, -0.1) is 0 Å². The largest absolute Gasteiger partial charge is 0.450 e. The van der Waals surface area contributed by atoms with Crippen molar-refractivity contribution in [1.82, 2.24) is 9.46 Å². The van der Waals surface area contributed by atoms with Gasteiger partial charge in [0, 0.05) is 24.8 Å². The number of amides is 1. The Balaban J connectivity index is 1.66. The van der Waals surface area contributed by atoms with Gasteiger partial charge in [-0.3, -0.25) is 4.79 Å². The van der Waals surface area contributed by atoms with Crippen molar-refractivity contribution < 1.29 is 32.0 Å². The molecule has 0 bridgehead atoms. The molecule has 2 heterocycles. The van der Waals surface area contributed by atoms with Crippen LogP contribution in [-0.2, 0) is 24.3 Å². The Kier molecular flexibility index (Phi) is 6.30. The monoisotopic (exact) mass is 423 g/mol. The molecule has 29 heavy (non-hydrogen) atoms. The molecule has 1 aliphatic rings. The fourth-order valence-electron chi connectivity index (χ4n) is 2.74. The highest BCUT2D eigenvalue weighted by molar-refractivity contribution is 7.89. The van der Waals surface area contributed by atoms with Gasteiger partial charge in [0.25, 0.3) is 5.91 Å². The average molecular weight is 423 g/mol. The number of rotatable bonds is 6. The van der Waals surface area contributed by atoms with E-state index < -0.39 is 28.5 Å². The third kappa shape index (κ3) is 5.00. The standard InChI is InChI=1S/C18H21N3O7S/c1-12-3-4-14(10-16(12)29(24,25)21-5-7-26-8-6-21)19-17(22)11-27-18(23)15-9-13(2)20-28-15/h3-4,9-10H,5-8,11H2,1-2H3,(H,19,22). The van der Waals surface area contributed by atoms with E-state index in [2.05, 4.69) is 10.5 Å². The van der Waals surface area contributed by atoms with Crippen molar-refractivity contribution >= 4 is 27.6 Å². The topological polar surface area (TPSA) is 128 Å². The highest BCUT2D eigenvalue weighted by atomic mass is 32.2. The minimum atomic E-state index is -3.71. The van der Waals surface area contributed by atoms with E-state index in [4.69, 9.17) is 14.0 Å². The van der Waals surface area contributed by atoms with Crippen LogP contribution in [0.2, 0.25) is 0 Å². The first kappa shape index (κ1) is 21.0. The van der Waals surface area contributed by atoms with E-state index in [9.17, 15) is 18.0 Å². The van der Waals surface area contributed by atoms with E-state index in [-0.39, 0.29) is 29.4 Å². The summed E-state index contributed by atoms with van der Waals surface area (Å²) < 4.78 is 42.0. The number of ether oxygens (including phenoxy) is 2. The minimum absolute atomic E-state index is 0.103. The predicted molar refractivity (Wildman–Crippen MR) is 101 cm³/mol. The van der Waals surface area contributed by atoms with Crippen LogP contribution in [0.15, 0.2) is 33.7 Å². The summed E-state index contributed by atoms with van der Waals surface area (Å²) in [7, 11) is -3.71. The number of carbonyl (C=O) groups excluding carboxylic acids is 2. The van der Waals surface area contributed by atoms with E-state index in [1.807, 2.05) is 0 Å². The summed E-state index contributed by atoms with van der Waals surface area (Å²) >= 11 is 0. The summed E-state index contributed by atoms with van der Waals surface area (Å²) in [6.45, 7) is 3.99. The van der Waals surface area contributed by atoms with Crippen molar-refractivity contribution in [2.45, 2.75) is 18.7 Å². The first-order valence-corrected chi connectivity index (χ1v) is 10.3. The molecule has 10 nitrogen and oxygen atoms in total. The molecule has 0 aliphatic carbocycles. The van der Waals surface area contributed by atoms with Crippen LogP contribution in [0.3, 0.4) is 0 Å². The van der Waals surface area contributed by atoms with E-state index in [1.54, 1.807) is 26.0 Å². The number of nitrogens with zero attached hydrogens (tertiary/aromatic N) is 2. The fourth-order valence-corrected chi connectivity index (χ4v) is 4.40. The highest BCUT2D eigenvalue weighted by Gasteiger charge is 2.28. The van der Waals surface area contributed by atoms with Crippen LogP contribution in [0.1, 0.15) is 21.8 Å². The second kappa shape index (κ2) is 8.72. The van der Waals surface area contributed by atoms with Crippen LogP contribution in [0.25, 0.3) is 0 Å². The van der Waals surface area contributed by atoms with Gasteiger partial charge >= 0.3 is 5.97 Å². The molecule has 0 unspecified atom stereocenters. The molecule has 0 atom stereocenters. The first-order valence-electron chi connectivity index (χ1n) is 8.86. The van der Waals surface area contributed by atoms with Crippen LogP contribution in [0.5, 0.6) is 0 Å². The average Bonchev–Trinajstić information content (AvgIpc) is 3.14. The summed E-state index contributed by atoms with van der Waals surface area (Å²) in [6.07, 6.45) is 0.